The number of alkyl halides is 3. The SMILES string of the molecule is [NH-]Cc1cc(-c2ccc(C(F)(F)F)cc2)nc(NCCN2CCOCC2)n1. The van der Waals surface area contributed by atoms with Crippen LogP contribution in [0.5, 0.6) is 0 Å². The van der Waals surface area contributed by atoms with Crippen LogP contribution in [0.25, 0.3) is 17.0 Å². The van der Waals surface area contributed by atoms with Crippen molar-refractivity contribution in [3.8, 4) is 11.3 Å². The van der Waals surface area contributed by atoms with Crippen molar-refractivity contribution in [2.24, 2.45) is 0 Å². The summed E-state index contributed by atoms with van der Waals surface area (Å²) < 4.78 is 43.5. The van der Waals surface area contributed by atoms with Gasteiger partial charge in [0.05, 0.1) is 24.5 Å². The lowest BCUT2D eigenvalue weighted by Crippen LogP contribution is -2.39. The van der Waals surface area contributed by atoms with E-state index in [1.54, 1.807) is 6.07 Å². The maximum Gasteiger partial charge on any atom is 0.416 e. The summed E-state index contributed by atoms with van der Waals surface area (Å²) in [6, 6.07) is 6.46. The number of anilines is 1. The van der Waals surface area contributed by atoms with E-state index in [0.29, 0.717) is 29.4 Å². The third kappa shape index (κ3) is 5.38. The second-order valence-corrected chi connectivity index (χ2v) is 6.20. The second-order valence-electron chi connectivity index (χ2n) is 6.20. The highest BCUT2D eigenvalue weighted by molar-refractivity contribution is 5.61. The van der Waals surface area contributed by atoms with Crippen molar-refractivity contribution in [2.45, 2.75) is 12.7 Å². The predicted molar refractivity (Wildman–Crippen MR) is 96.2 cm³/mol. The molecule has 1 aromatic carbocycles. The Morgan fingerprint density at radius 2 is 1.81 bits per heavy atom. The molecular weight excluding hydrogens is 359 g/mol. The number of nitrogens with zero attached hydrogens (tertiary/aromatic N) is 3. The van der Waals surface area contributed by atoms with Crippen molar-refractivity contribution < 1.29 is 17.9 Å². The van der Waals surface area contributed by atoms with Crippen molar-refractivity contribution in [1.82, 2.24) is 14.9 Å². The van der Waals surface area contributed by atoms with Crippen molar-refractivity contribution in [3.05, 3.63) is 47.3 Å². The normalized spacial score (nSPS) is 15.7. The smallest absolute Gasteiger partial charge is 0.416 e. The highest BCUT2D eigenvalue weighted by Gasteiger charge is 2.30. The lowest BCUT2D eigenvalue weighted by atomic mass is 10.1. The van der Waals surface area contributed by atoms with Gasteiger partial charge in [-0.3, -0.25) is 4.90 Å². The van der Waals surface area contributed by atoms with Crippen LogP contribution in [0.1, 0.15) is 11.3 Å². The lowest BCUT2D eigenvalue weighted by molar-refractivity contribution is -0.137. The first-order valence-corrected chi connectivity index (χ1v) is 8.70. The summed E-state index contributed by atoms with van der Waals surface area (Å²) in [4.78, 5) is 10.9. The van der Waals surface area contributed by atoms with E-state index < -0.39 is 11.7 Å². The van der Waals surface area contributed by atoms with Crippen LogP contribution in [0.4, 0.5) is 19.1 Å². The second kappa shape index (κ2) is 8.64. The quantitative estimate of drug-likeness (QED) is 0.831. The molecule has 0 amide bonds. The molecule has 0 atom stereocenters. The van der Waals surface area contributed by atoms with Gasteiger partial charge >= 0.3 is 6.18 Å². The number of benzene rings is 1. The highest BCUT2D eigenvalue weighted by atomic mass is 19.4. The minimum Gasteiger partial charge on any atom is -0.672 e. The van der Waals surface area contributed by atoms with Crippen LogP contribution in [-0.2, 0) is 17.5 Å². The molecule has 9 heteroatoms. The molecule has 146 valence electrons. The Hall–Kier alpha value is -2.23. The standard InChI is InChI=1S/C18H21F3N5O/c19-18(20,21)14-3-1-13(2-4-14)16-11-15(12-22)24-17(25-16)23-5-6-26-7-9-27-10-8-26/h1-4,11,22H,5-10,12H2,(H,23,24,25)/q-1. The van der Waals surface area contributed by atoms with Crippen LogP contribution in [0.3, 0.4) is 0 Å². The van der Waals surface area contributed by atoms with Crippen LogP contribution in [0.2, 0.25) is 0 Å². The van der Waals surface area contributed by atoms with Crippen molar-refractivity contribution in [2.75, 3.05) is 44.7 Å². The molecule has 3 rings (SSSR count). The summed E-state index contributed by atoms with van der Waals surface area (Å²) >= 11 is 0. The molecule has 1 aliphatic rings. The average Bonchev–Trinajstić information content (AvgIpc) is 2.68. The van der Waals surface area contributed by atoms with Gasteiger partial charge in [-0.2, -0.15) is 13.2 Å². The molecule has 2 N–H and O–H groups in total. The van der Waals surface area contributed by atoms with Crippen LogP contribution in [0.15, 0.2) is 30.3 Å². The number of ether oxygens (including phenoxy) is 1. The van der Waals surface area contributed by atoms with Crippen LogP contribution >= 0.6 is 0 Å². The minimum absolute atomic E-state index is 0.0334. The van der Waals surface area contributed by atoms with Crippen LogP contribution in [-0.4, -0.2) is 54.3 Å². The number of nitrogens with one attached hydrogen (secondary N) is 2. The van der Waals surface area contributed by atoms with Gasteiger partial charge in [0.15, 0.2) is 0 Å². The maximum absolute atomic E-state index is 12.7. The van der Waals surface area contributed by atoms with E-state index in [-0.39, 0.29) is 6.54 Å². The molecule has 0 saturated carbocycles. The molecule has 1 aromatic heterocycles. The topological polar surface area (TPSA) is 74.1 Å². The van der Waals surface area contributed by atoms with Gasteiger partial charge in [0.25, 0.3) is 0 Å². The van der Waals surface area contributed by atoms with Crippen LogP contribution in [0, 0.1) is 0 Å². The van der Waals surface area contributed by atoms with Crippen LogP contribution < -0.4 is 5.32 Å². The van der Waals surface area contributed by atoms with Gasteiger partial charge in [0, 0.05) is 37.4 Å². The molecule has 6 nitrogen and oxygen atoms in total. The van der Waals surface area contributed by atoms with E-state index >= 15 is 0 Å². The summed E-state index contributed by atoms with van der Waals surface area (Å²) in [7, 11) is 0. The fourth-order valence-electron chi connectivity index (χ4n) is 2.80. The van der Waals surface area contributed by atoms with E-state index in [2.05, 4.69) is 20.2 Å². The molecule has 0 bridgehead atoms. The largest absolute Gasteiger partial charge is 0.672 e. The van der Waals surface area contributed by atoms with E-state index in [4.69, 9.17) is 10.5 Å². The molecule has 27 heavy (non-hydrogen) atoms. The lowest BCUT2D eigenvalue weighted by Gasteiger charge is -2.26. The number of halogens is 3. The number of hydrogen-bond donors (Lipinski definition) is 1. The van der Waals surface area contributed by atoms with E-state index in [1.807, 2.05) is 0 Å². The summed E-state index contributed by atoms with van der Waals surface area (Å²) in [5.74, 6) is 0.378. The molecule has 2 aromatic rings. The molecule has 1 saturated heterocycles. The Labute approximate surface area is 155 Å². The Morgan fingerprint density at radius 1 is 1.11 bits per heavy atom. The van der Waals surface area contributed by atoms with E-state index in [9.17, 15) is 13.2 Å². The molecular formula is C18H21F3N5O-. The number of hydrogen-bond acceptors (Lipinski definition) is 5. The first-order chi connectivity index (χ1) is 13.0. The fourth-order valence-corrected chi connectivity index (χ4v) is 2.80. The van der Waals surface area contributed by atoms with Gasteiger partial charge in [-0.05, 0) is 18.2 Å². The maximum atomic E-state index is 12.7. The Morgan fingerprint density at radius 3 is 2.44 bits per heavy atom. The zero-order valence-corrected chi connectivity index (χ0v) is 14.7. The number of aromatic nitrogens is 2. The van der Waals surface area contributed by atoms with Gasteiger partial charge < -0.3 is 15.8 Å². The minimum atomic E-state index is -4.37. The Balaban J connectivity index is 1.71. The van der Waals surface area contributed by atoms with Gasteiger partial charge in [-0.15, -0.1) is 6.54 Å². The van der Waals surface area contributed by atoms with Gasteiger partial charge in [0.2, 0.25) is 5.95 Å². The monoisotopic (exact) mass is 380 g/mol. The van der Waals surface area contributed by atoms with E-state index in [1.165, 1.54) is 12.1 Å². The van der Waals surface area contributed by atoms with Gasteiger partial charge in [-0.1, -0.05) is 12.1 Å². The molecule has 0 radical (unpaired) electrons. The van der Waals surface area contributed by atoms with E-state index in [0.717, 1.165) is 45.0 Å². The molecule has 1 fully saturated rings. The average molecular weight is 380 g/mol. The summed E-state index contributed by atoms with van der Waals surface area (Å²) in [6.07, 6.45) is -4.37. The number of morpholine rings is 1. The van der Waals surface area contributed by atoms with Crippen molar-refractivity contribution >= 4 is 5.95 Å². The third-order valence-electron chi connectivity index (χ3n) is 4.28. The zero-order chi connectivity index (χ0) is 19.3. The Kier molecular flexibility index (Phi) is 6.25. The molecule has 0 aliphatic carbocycles. The fraction of sp³-hybridized carbons (Fsp3) is 0.444. The van der Waals surface area contributed by atoms with Crippen molar-refractivity contribution in [3.63, 3.8) is 0 Å². The van der Waals surface area contributed by atoms with Gasteiger partial charge in [0.1, 0.15) is 0 Å². The molecule has 0 spiro atoms. The molecule has 2 heterocycles. The summed E-state index contributed by atoms with van der Waals surface area (Å²) in [6.45, 7) is 4.62. The first kappa shape index (κ1) is 19.5. The molecule has 1 aliphatic heterocycles. The number of rotatable bonds is 6. The first-order valence-electron chi connectivity index (χ1n) is 8.70. The molecule has 0 unspecified atom stereocenters. The van der Waals surface area contributed by atoms with Crippen molar-refractivity contribution in [1.29, 1.82) is 0 Å². The summed E-state index contributed by atoms with van der Waals surface area (Å²) in [5.41, 5.74) is 8.42. The highest BCUT2D eigenvalue weighted by Crippen LogP contribution is 2.30. The zero-order valence-electron chi connectivity index (χ0n) is 14.7. The Bertz CT molecular complexity index is 746. The predicted octanol–water partition coefficient (Wildman–Crippen LogP) is 3.46. The van der Waals surface area contributed by atoms with Gasteiger partial charge in [-0.25, -0.2) is 9.97 Å². The summed E-state index contributed by atoms with van der Waals surface area (Å²) in [5, 5.41) is 3.14. The third-order valence-corrected chi connectivity index (χ3v) is 4.28.